The highest BCUT2D eigenvalue weighted by Crippen LogP contribution is 2.35. The Morgan fingerprint density at radius 1 is 1.07 bits per heavy atom. The van der Waals surface area contributed by atoms with Crippen molar-refractivity contribution in [1.29, 1.82) is 0 Å². The normalized spacial score (nSPS) is 10.9. The highest BCUT2D eigenvalue weighted by molar-refractivity contribution is 6.20. The lowest BCUT2D eigenvalue weighted by atomic mass is 10.0. The summed E-state index contributed by atoms with van der Waals surface area (Å²) >= 11 is 0. The van der Waals surface area contributed by atoms with E-state index in [1.54, 1.807) is 7.11 Å². The third kappa shape index (κ3) is 3.59. The quantitative estimate of drug-likeness (QED) is 0.462. The maximum Gasteiger partial charge on any atom is 0.303 e. The molecule has 0 spiro atoms. The van der Waals surface area contributed by atoms with Gasteiger partial charge in [0.05, 0.1) is 12.7 Å². The maximum atomic E-state index is 13.4. The number of methoxy groups -OCH3 is 1. The number of benzene rings is 3. The number of rotatable bonds is 5. The number of carbonyl (C=O) groups is 2. The SMILES string of the molecule is COc1ccc2ccc3oc(COC(C)=O)c(C(=O)Nc4ccccc4C)c3c2c1. The van der Waals surface area contributed by atoms with E-state index >= 15 is 0 Å². The smallest absolute Gasteiger partial charge is 0.303 e. The number of carbonyl (C=O) groups excluding carboxylic acids is 2. The van der Waals surface area contributed by atoms with Crippen molar-refractivity contribution in [2.24, 2.45) is 0 Å². The van der Waals surface area contributed by atoms with E-state index in [0.29, 0.717) is 33.7 Å². The minimum Gasteiger partial charge on any atom is -0.497 e. The van der Waals surface area contributed by atoms with E-state index in [2.05, 4.69) is 5.32 Å². The molecule has 0 saturated carbocycles. The van der Waals surface area contributed by atoms with Crippen molar-refractivity contribution in [3.63, 3.8) is 0 Å². The second kappa shape index (κ2) is 7.91. The number of para-hydroxylation sites is 1. The highest BCUT2D eigenvalue weighted by Gasteiger charge is 2.24. The molecule has 152 valence electrons. The number of anilines is 1. The van der Waals surface area contributed by atoms with Crippen molar-refractivity contribution < 1.29 is 23.5 Å². The Morgan fingerprint density at radius 2 is 1.83 bits per heavy atom. The van der Waals surface area contributed by atoms with Gasteiger partial charge in [0.2, 0.25) is 0 Å². The first-order valence-electron chi connectivity index (χ1n) is 9.50. The summed E-state index contributed by atoms with van der Waals surface area (Å²) in [4.78, 5) is 24.7. The lowest BCUT2D eigenvalue weighted by Crippen LogP contribution is -2.15. The summed E-state index contributed by atoms with van der Waals surface area (Å²) in [6.07, 6.45) is 0. The fourth-order valence-electron chi connectivity index (χ4n) is 3.48. The van der Waals surface area contributed by atoms with E-state index in [0.717, 1.165) is 16.3 Å². The van der Waals surface area contributed by atoms with Crippen LogP contribution in [0.4, 0.5) is 5.69 Å². The molecule has 4 rings (SSSR count). The molecule has 0 aliphatic rings. The number of hydrogen-bond acceptors (Lipinski definition) is 5. The predicted octanol–water partition coefficient (Wildman–Crippen LogP) is 5.22. The summed E-state index contributed by atoms with van der Waals surface area (Å²) in [5, 5.41) is 5.36. The molecule has 0 aliphatic heterocycles. The second-order valence-corrected chi connectivity index (χ2v) is 6.98. The molecule has 0 radical (unpaired) electrons. The number of fused-ring (bicyclic) bond motifs is 3. The average Bonchev–Trinajstić information content (AvgIpc) is 3.12. The standard InChI is InChI=1S/C24H21NO5/c1-14-6-4-5-7-19(14)25-24(27)23-21(13-29-15(2)26)30-20-11-9-16-8-10-17(28-3)12-18(16)22(20)23/h4-12H,13H2,1-3H3,(H,25,27). The van der Waals surface area contributed by atoms with Gasteiger partial charge in [0.1, 0.15) is 17.9 Å². The minimum absolute atomic E-state index is 0.133. The Bertz CT molecular complexity index is 1270. The summed E-state index contributed by atoms with van der Waals surface area (Å²) in [5.41, 5.74) is 2.51. The van der Waals surface area contributed by atoms with E-state index in [-0.39, 0.29) is 12.5 Å². The molecule has 30 heavy (non-hydrogen) atoms. The van der Waals surface area contributed by atoms with Crippen molar-refractivity contribution >= 4 is 39.3 Å². The van der Waals surface area contributed by atoms with Crippen molar-refractivity contribution in [3.8, 4) is 5.75 Å². The van der Waals surface area contributed by atoms with Crippen molar-refractivity contribution in [2.45, 2.75) is 20.5 Å². The van der Waals surface area contributed by atoms with Gasteiger partial charge in [-0.05, 0) is 47.5 Å². The highest BCUT2D eigenvalue weighted by atomic mass is 16.5. The van der Waals surface area contributed by atoms with E-state index in [9.17, 15) is 9.59 Å². The van der Waals surface area contributed by atoms with Crippen LogP contribution in [0, 0.1) is 6.92 Å². The molecule has 0 atom stereocenters. The molecule has 0 fully saturated rings. The Labute approximate surface area is 173 Å². The maximum absolute atomic E-state index is 13.4. The van der Waals surface area contributed by atoms with Crippen LogP contribution in [0.2, 0.25) is 0 Å². The van der Waals surface area contributed by atoms with Crippen LogP contribution in [0.5, 0.6) is 5.75 Å². The van der Waals surface area contributed by atoms with Crippen molar-refractivity contribution in [2.75, 3.05) is 12.4 Å². The molecule has 6 heteroatoms. The third-order valence-corrected chi connectivity index (χ3v) is 4.98. The van der Waals surface area contributed by atoms with Gasteiger partial charge in [-0.3, -0.25) is 9.59 Å². The topological polar surface area (TPSA) is 77.8 Å². The molecule has 6 nitrogen and oxygen atoms in total. The zero-order chi connectivity index (χ0) is 21.3. The summed E-state index contributed by atoms with van der Waals surface area (Å²) in [7, 11) is 1.59. The Morgan fingerprint density at radius 3 is 2.57 bits per heavy atom. The molecule has 0 unspecified atom stereocenters. The predicted molar refractivity (Wildman–Crippen MR) is 115 cm³/mol. The molecule has 0 saturated heterocycles. The molecule has 0 bridgehead atoms. The Hall–Kier alpha value is -3.80. The first-order chi connectivity index (χ1) is 14.5. The summed E-state index contributed by atoms with van der Waals surface area (Å²) < 4.78 is 16.5. The number of nitrogens with one attached hydrogen (secondary N) is 1. The average molecular weight is 403 g/mol. The van der Waals surface area contributed by atoms with Gasteiger partial charge in [0.25, 0.3) is 5.91 Å². The van der Waals surface area contributed by atoms with Gasteiger partial charge in [0, 0.05) is 18.0 Å². The second-order valence-electron chi connectivity index (χ2n) is 6.98. The van der Waals surface area contributed by atoms with Gasteiger partial charge >= 0.3 is 5.97 Å². The van der Waals surface area contributed by atoms with Crippen molar-refractivity contribution in [3.05, 3.63) is 71.5 Å². The molecule has 1 heterocycles. The lowest BCUT2D eigenvalue weighted by molar-refractivity contribution is -0.142. The zero-order valence-electron chi connectivity index (χ0n) is 16.9. The van der Waals surface area contributed by atoms with E-state index in [1.807, 2.05) is 61.5 Å². The first-order valence-corrected chi connectivity index (χ1v) is 9.50. The molecule has 4 aromatic rings. The molecule has 1 amide bonds. The zero-order valence-corrected chi connectivity index (χ0v) is 16.9. The molecular formula is C24H21NO5. The fraction of sp³-hybridized carbons (Fsp3) is 0.167. The number of furan rings is 1. The van der Waals surface area contributed by atoms with Gasteiger partial charge < -0.3 is 19.2 Å². The van der Waals surface area contributed by atoms with Crippen LogP contribution in [0.25, 0.3) is 21.7 Å². The van der Waals surface area contributed by atoms with Crippen LogP contribution < -0.4 is 10.1 Å². The Kier molecular flexibility index (Phi) is 5.14. The van der Waals surface area contributed by atoms with E-state index in [4.69, 9.17) is 13.9 Å². The summed E-state index contributed by atoms with van der Waals surface area (Å²) in [6.45, 7) is 3.10. The monoisotopic (exact) mass is 403 g/mol. The summed E-state index contributed by atoms with van der Waals surface area (Å²) in [6, 6.07) is 16.9. The minimum atomic E-state index is -0.452. The van der Waals surface area contributed by atoms with Crippen LogP contribution >= 0.6 is 0 Å². The van der Waals surface area contributed by atoms with E-state index < -0.39 is 5.97 Å². The number of ether oxygens (including phenoxy) is 2. The molecule has 3 aromatic carbocycles. The molecule has 0 aliphatic carbocycles. The largest absolute Gasteiger partial charge is 0.497 e. The van der Waals surface area contributed by atoms with Gasteiger partial charge in [-0.15, -0.1) is 0 Å². The van der Waals surface area contributed by atoms with Gasteiger partial charge in [-0.1, -0.05) is 30.3 Å². The van der Waals surface area contributed by atoms with Crippen LogP contribution in [-0.4, -0.2) is 19.0 Å². The van der Waals surface area contributed by atoms with Crippen LogP contribution in [0.3, 0.4) is 0 Å². The van der Waals surface area contributed by atoms with Gasteiger partial charge in [-0.25, -0.2) is 0 Å². The Balaban J connectivity index is 1.92. The molecular weight excluding hydrogens is 382 g/mol. The first kappa shape index (κ1) is 19.5. The summed E-state index contributed by atoms with van der Waals surface area (Å²) in [5.74, 6) is 0.178. The molecule has 1 N–H and O–H groups in total. The fourth-order valence-corrected chi connectivity index (χ4v) is 3.48. The van der Waals surface area contributed by atoms with Crippen molar-refractivity contribution in [1.82, 2.24) is 0 Å². The lowest BCUT2D eigenvalue weighted by Gasteiger charge is -2.10. The number of hydrogen-bond donors (Lipinski definition) is 1. The van der Waals surface area contributed by atoms with Crippen LogP contribution in [-0.2, 0) is 16.1 Å². The number of esters is 1. The van der Waals surface area contributed by atoms with Crippen LogP contribution in [0.15, 0.2) is 59.0 Å². The van der Waals surface area contributed by atoms with Gasteiger partial charge in [0.15, 0.2) is 5.76 Å². The molecule has 1 aromatic heterocycles. The van der Waals surface area contributed by atoms with E-state index in [1.165, 1.54) is 6.92 Å². The number of aryl methyl sites for hydroxylation is 1. The third-order valence-electron chi connectivity index (χ3n) is 4.98. The van der Waals surface area contributed by atoms with Crippen LogP contribution in [0.1, 0.15) is 28.6 Å². The number of amides is 1. The van der Waals surface area contributed by atoms with Gasteiger partial charge in [-0.2, -0.15) is 0 Å².